The summed E-state index contributed by atoms with van der Waals surface area (Å²) < 4.78 is 17.1. The van der Waals surface area contributed by atoms with Gasteiger partial charge in [-0.2, -0.15) is 0 Å². The molecule has 20 heavy (non-hydrogen) atoms. The average molecular weight is 282 g/mol. The second-order valence-electron chi connectivity index (χ2n) is 7.05. The zero-order valence-corrected chi connectivity index (χ0v) is 12.6. The van der Waals surface area contributed by atoms with Gasteiger partial charge in [0.05, 0.1) is 12.2 Å². The number of carbonyl (C=O) groups excluding carboxylic acids is 1. The van der Waals surface area contributed by atoms with Crippen molar-refractivity contribution in [1.82, 2.24) is 0 Å². The number of fused-ring (bicyclic) bond motifs is 1. The van der Waals surface area contributed by atoms with Gasteiger partial charge in [-0.1, -0.05) is 26.7 Å². The SMILES string of the molecule is CC1(C)[C@@H]2OCCC[C@H]2[C@@H]1OC(=O)COC1CCCC1. The second-order valence-corrected chi connectivity index (χ2v) is 7.05. The Morgan fingerprint density at radius 3 is 2.70 bits per heavy atom. The van der Waals surface area contributed by atoms with Gasteiger partial charge in [-0.25, -0.2) is 4.79 Å². The minimum atomic E-state index is -0.209. The summed E-state index contributed by atoms with van der Waals surface area (Å²) in [7, 11) is 0. The van der Waals surface area contributed by atoms with Gasteiger partial charge in [0.1, 0.15) is 12.7 Å². The molecule has 0 aromatic heterocycles. The molecule has 1 aliphatic heterocycles. The summed E-state index contributed by atoms with van der Waals surface area (Å²) in [6.07, 6.45) is 7.30. The molecular weight excluding hydrogens is 256 g/mol. The summed E-state index contributed by atoms with van der Waals surface area (Å²) in [5, 5.41) is 0. The van der Waals surface area contributed by atoms with Gasteiger partial charge in [-0.15, -0.1) is 0 Å². The first-order chi connectivity index (χ1) is 9.59. The van der Waals surface area contributed by atoms with E-state index in [4.69, 9.17) is 14.2 Å². The van der Waals surface area contributed by atoms with Crippen LogP contribution in [-0.2, 0) is 19.0 Å². The molecule has 4 nitrogen and oxygen atoms in total. The van der Waals surface area contributed by atoms with Crippen LogP contribution in [0.4, 0.5) is 0 Å². The van der Waals surface area contributed by atoms with Crippen LogP contribution in [0.5, 0.6) is 0 Å². The van der Waals surface area contributed by atoms with Crippen LogP contribution >= 0.6 is 0 Å². The van der Waals surface area contributed by atoms with Crippen LogP contribution in [0, 0.1) is 11.3 Å². The zero-order valence-electron chi connectivity index (χ0n) is 12.6. The molecule has 114 valence electrons. The van der Waals surface area contributed by atoms with Crippen LogP contribution < -0.4 is 0 Å². The molecule has 3 rings (SSSR count). The number of esters is 1. The second kappa shape index (κ2) is 5.64. The summed E-state index contributed by atoms with van der Waals surface area (Å²) in [5.41, 5.74) is -0.0614. The smallest absolute Gasteiger partial charge is 0.332 e. The number of rotatable bonds is 4. The molecule has 0 unspecified atom stereocenters. The van der Waals surface area contributed by atoms with E-state index in [9.17, 15) is 4.79 Å². The minimum absolute atomic E-state index is 0.00696. The van der Waals surface area contributed by atoms with E-state index in [1.165, 1.54) is 12.8 Å². The van der Waals surface area contributed by atoms with E-state index in [-0.39, 0.29) is 36.3 Å². The van der Waals surface area contributed by atoms with Crippen LogP contribution in [0.1, 0.15) is 52.4 Å². The normalized spacial score (nSPS) is 36.2. The van der Waals surface area contributed by atoms with Crippen molar-refractivity contribution >= 4 is 5.97 Å². The van der Waals surface area contributed by atoms with E-state index in [1.807, 2.05) is 0 Å². The predicted octanol–water partition coefficient (Wildman–Crippen LogP) is 2.69. The van der Waals surface area contributed by atoms with Crippen molar-refractivity contribution in [2.24, 2.45) is 11.3 Å². The summed E-state index contributed by atoms with van der Waals surface area (Å²) in [4.78, 5) is 12.0. The molecule has 0 spiro atoms. The van der Waals surface area contributed by atoms with E-state index >= 15 is 0 Å². The molecule has 3 atom stereocenters. The first-order valence-corrected chi connectivity index (χ1v) is 8.02. The lowest BCUT2D eigenvalue weighted by atomic mass is 9.57. The van der Waals surface area contributed by atoms with Crippen molar-refractivity contribution in [3.05, 3.63) is 0 Å². The highest BCUT2D eigenvalue weighted by Crippen LogP contribution is 2.52. The van der Waals surface area contributed by atoms with E-state index in [1.54, 1.807) is 0 Å². The van der Waals surface area contributed by atoms with Crippen molar-refractivity contribution in [3.63, 3.8) is 0 Å². The third-order valence-corrected chi connectivity index (χ3v) is 5.22. The van der Waals surface area contributed by atoms with Gasteiger partial charge in [0, 0.05) is 17.9 Å². The standard InChI is InChI=1S/C16H26O4/c1-16(2)14-12(8-5-9-18-14)15(16)20-13(17)10-19-11-6-3-4-7-11/h11-12,14-15H,3-10H2,1-2H3/t12-,14-,15+/m1/s1. The Kier molecular flexibility index (Phi) is 4.04. The monoisotopic (exact) mass is 282 g/mol. The maximum absolute atomic E-state index is 12.0. The molecule has 3 aliphatic rings. The number of ether oxygens (including phenoxy) is 3. The summed E-state index contributed by atoms with van der Waals surface area (Å²) >= 11 is 0. The highest BCUT2D eigenvalue weighted by Gasteiger charge is 2.60. The molecule has 1 saturated heterocycles. The molecule has 2 saturated carbocycles. The fourth-order valence-electron chi connectivity index (χ4n) is 4.13. The first kappa shape index (κ1) is 14.3. The van der Waals surface area contributed by atoms with Crippen LogP contribution in [0.25, 0.3) is 0 Å². The molecule has 1 heterocycles. The maximum Gasteiger partial charge on any atom is 0.332 e. The van der Waals surface area contributed by atoms with Crippen LogP contribution in [0.2, 0.25) is 0 Å². The van der Waals surface area contributed by atoms with Gasteiger partial charge in [-0.05, 0) is 25.7 Å². The van der Waals surface area contributed by atoms with Crippen molar-refractivity contribution in [2.75, 3.05) is 13.2 Å². The third kappa shape index (κ3) is 2.60. The van der Waals surface area contributed by atoms with Gasteiger partial charge >= 0.3 is 5.97 Å². The highest BCUT2D eigenvalue weighted by atomic mass is 16.6. The van der Waals surface area contributed by atoms with Gasteiger partial charge < -0.3 is 14.2 Å². The van der Waals surface area contributed by atoms with Crippen molar-refractivity contribution in [1.29, 1.82) is 0 Å². The number of hydrogen-bond acceptors (Lipinski definition) is 4. The first-order valence-electron chi connectivity index (χ1n) is 8.02. The molecule has 0 radical (unpaired) electrons. The summed E-state index contributed by atoms with van der Waals surface area (Å²) in [6.45, 7) is 5.22. The fraction of sp³-hybridized carbons (Fsp3) is 0.938. The Morgan fingerprint density at radius 1 is 1.20 bits per heavy atom. The quantitative estimate of drug-likeness (QED) is 0.744. The summed E-state index contributed by atoms with van der Waals surface area (Å²) in [5.74, 6) is 0.174. The topological polar surface area (TPSA) is 44.8 Å². The lowest BCUT2D eigenvalue weighted by molar-refractivity contribution is -0.256. The molecule has 0 amide bonds. The van der Waals surface area contributed by atoms with E-state index in [0.717, 1.165) is 32.3 Å². The van der Waals surface area contributed by atoms with Crippen molar-refractivity contribution in [2.45, 2.75) is 70.7 Å². The Labute approximate surface area is 121 Å². The Bertz CT molecular complexity index is 359. The molecule has 0 N–H and O–H groups in total. The lowest BCUT2D eigenvalue weighted by Gasteiger charge is -2.58. The van der Waals surface area contributed by atoms with Crippen molar-refractivity contribution in [3.8, 4) is 0 Å². The molecule has 0 aromatic carbocycles. The predicted molar refractivity (Wildman–Crippen MR) is 74.3 cm³/mol. The molecule has 0 aromatic rings. The fourth-order valence-corrected chi connectivity index (χ4v) is 4.13. The van der Waals surface area contributed by atoms with Gasteiger partial charge in [0.2, 0.25) is 0 Å². The molecule has 3 fully saturated rings. The van der Waals surface area contributed by atoms with Crippen LogP contribution in [0.3, 0.4) is 0 Å². The number of hydrogen-bond donors (Lipinski definition) is 0. The van der Waals surface area contributed by atoms with Gasteiger partial charge in [-0.3, -0.25) is 0 Å². The third-order valence-electron chi connectivity index (χ3n) is 5.22. The molecule has 2 aliphatic carbocycles. The van der Waals surface area contributed by atoms with Crippen LogP contribution in [0.15, 0.2) is 0 Å². The van der Waals surface area contributed by atoms with E-state index < -0.39 is 0 Å². The molecule has 0 bridgehead atoms. The van der Waals surface area contributed by atoms with E-state index in [0.29, 0.717) is 5.92 Å². The van der Waals surface area contributed by atoms with E-state index in [2.05, 4.69) is 13.8 Å². The van der Waals surface area contributed by atoms with Crippen molar-refractivity contribution < 1.29 is 19.0 Å². The summed E-state index contributed by atoms with van der Waals surface area (Å²) in [6, 6.07) is 0. The molecule has 4 heteroatoms. The van der Waals surface area contributed by atoms with Gasteiger partial charge in [0.15, 0.2) is 0 Å². The Morgan fingerprint density at radius 2 is 1.95 bits per heavy atom. The molecular formula is C16H26O4. The number of carbonyl (C=O) groups is 1. The highest BCUT2D eigenvalue weighted by molar-refractivity contribution is 5.71. The van der Waals surface area contributed by atoms with Crippen LogP contribution in [-0.4, -0.2) is 37.5 Å². The average Bonchev–Trinajstić information content (AvgIpc) is 2.96. The largest absolute Gasteiger partial charge is 0.460 e. The Balaban J connectivity index is 1.48. The zero-order chi connectivity index (χ0) is 14.2. The Hall–Kier alpha value is -0.610. The van der Waals surface area contributed by atoms with Gasteiger partial charge in [0.25, 0.3) is 0 Å². The lowest BCUT2D eigenvalue weighted by Crippen LogP contribution is -2.65. The maximum atomic E-state index is 12.0. The minimum Gasteiger partial charge on any atom is -0.460 e.